The van der Waals surface area contributed by atoms with Gasteiger partial charge < -0.3 is 10.1 Å². The van der Waals surface area contributed by atoms with E-state index in [1.807, 2.05) is 25.1 Å². The molecule has 1 amide bonds. The summed E-state index contributed by atoms with van der Waals surface area (Å²) < 4.78 is 6.40. The largest absolute Gasteiger partial charge is 0.486 e. The van der Waals surface area contributed by atoms with Gasteiger partial charge in [-0.05, 0) is 76.5 Å². The van der Waals surface area contributed by atoms with E-state index in [1.54, 1.807) is 42.5 Å². The van der Waals surface area contributed by atoms with Crippen LogP contribution in [0.15, 0.2) is 64.6 Å². The molecule has 0 aromatic heterocycles. The molecule has 0 unspecified atom stereocenters. The maximum atomic E-state index is 12.5. The van der Waals surface area contributed by atoms with Crippen molar-refractivity contribution in [3.8, 4) is 11.8 Å². The van der Waals surface area contributed by atoms with E-state index in [-0.39, 0.29) is 12.2 Å². The monoisotopic (exact) mass is 548 g/mol. The highest BCUT2D eigenvalue weighted by Crippen LogP contribution is 2.36. The first-order chi connectivity index (χ1) is 15.3. The number of carbonyl (C=O) groups excluding carboxylic acids is 1. The van der Waals surface area contributed by atoms with Crippen molar-refractivity contribution in [3.05, 3.63) is 96.4 Å². The maximum Gasteiger partial charge on any atom is 0.266 e. The normalized spacial score (nSPS) is 11.1. The number of rotatable bonds is 6. The van der Waals surface area contributed by atoms with E-state index in [4.69, 9.17) is 39.5 Å². The van der Waals surface area contributed by atoms with Crippen LogP contribution in [0.2, 0.25) is 15.1 Å². The Balaban J connectivity index is 1.76. The van der Waals surface area contributed by atoms with Crippen LogP contribution in [0.5, 0.6) is 5.75 Å². The van der Waals surface area contributed by atoms with E-state index in [1.165, 1.54) is 6.08 Å². The van der Waals surface area contributed by atoms with Gasteiger partial charge in [0.15, 0.2) is 5.75 Å². The quantitative estimate of drug-likeness (QED) is 0.251. The SMILES string of the molecule is Cc1ccc(NC(=O)/C(C#N)=C\c2cc(Cl)c(OCc3ccc(Cl)c(Cl)c3)c(Br)c2)cc1. The lowest BCUT2D eigenvalue weighted by molar-refractivity contribution is -0.112. The third-order valence-electron chi connectivity index (χ3n) is 4.37. The first-order valence-electron chi connectivity index (χ1n) is 9.32. The van der Waals surface area contributed by atoms with E-state index < -0.39 is 5.91 Å². The van der Waals surface area contributed by atoms with Crippen LogP contribution in [-0.4, -0.2) is 5.91 Å². The number of hydrogen-bond acceptors (Lipinski definition) is 3. The van der Waals surface area contributed by atoms with Crippen molar-refractivity contribution in [1.29, 1.82) is 5.26 Å². The fourth-order valence-electron chi connectivity index (χ4n) is 2.74. The molecule has 3 rings (SSSR count). The third kappa shape index (κ3) is 6.27. The van der Waals surface area contributed by atoms with Crippen molar-refractivity contribution >= 4 is 68.4 Å². The molecular formula is C24H16BrCl3N2O2. The molecule has 0 heterocycles. The molecule has 0 saturated heterocycles. The van der Waals surface area contributed by atoms with Crippen LogP contribution in [0.25, 0.3) is 6.08 Å². The van der Waals surface area contributed by atoms with Crippen LogP contribution in [0.4, 0.5) is 5.69 Å². The van der Waals surface area contributed by atoms with E-state index >= 15 is 0 Å². The van der Waals surface area contributed by atoms with Gasteiger partial charge in [0.2, 0.25) is 0 Å². The molecule has 162 valence electrons. The fraction of sp³-hybridized carbons (Fsp3) is 0.0833. The topological polar surface area (TPSA) is 62.1 Å². The van der Waals surface area contributed by atoms with Gasteiger partial charge in [0.25, 0.3) is 5.91 Å². The number of nitrogens with one attached hydrogen (secondary N) is 1. The molecule has 0 aliphatic rings. The predicted octanol–water partition coefficient (Wildman–Crippen LogP) is 7.84. The Labute approximate surface area is 209 Å². The number of nitriles is 1. The number of amides is 1. The highest BCUT2D eigenvalue weighted by molar-refractivity contribution is 9.10. The first kappa shape index (κ1) is 24.2. The summed E-state index contributed by atoms with van der Waals surface area (Å²) in [4.78, 5) is 12.5. The summed E-state index contributed by atoms with van der Waals surface area (Å²) in [6, 6.07) is 17.8. The van der Waals surface area contributed by atoms with E-state index in [0.29, 0.717) is 36.5 Å². The van der Waals surface area contributed by atoms with Gasteiger partial charge in [-0.3, -0.25) is 4.79 Å². The Hall–Kier alpha value is -2.49. The summed E-state index contributed by atoms with van der Waals surface area (Å²) >= 11 is 21.8. The molecule has 1 N–H and O–H groups in total. The van der Waals surface area contributed by atoms with Crippen LogP contribution < -0.4 is 10.1 Å². The Morgan fingerprint density at radius 2 is 1.78 bits per heavy atom. The van der Waals surface area contributed by atoms with Gasteiger partial charge in [-0.2, -0.15) is 5.26 Å². The number of carbonyl (C=O) groups is 1. The molecule has 0 radical (unpaired) electrons. The minimum absolute atomic E-state index is 0.0574. The molecule has 0 atom stereocenters. The second-order valence-electron chi connectivity index (χ2n) is 6.84. The second-order valence-corrected chi connectivity index (χ2v) is 8.92. The van der Waals surface area contributed by atoms with Crippen LogP contribution in [0.1, 0.15) is 16.7 Å². The number of hydrogen-bond donors (Lipinski definition) is 1. The van der Waals surface area contributed by atoms with Gasteiger partial charge in [0.05, 0.1) is 19.5 Å². The summed E-state index contributed by atoms with van der Waals surface area (Å²) in [5.41, 5.74) is 3.01. The van der Waals surface area contributed by atoms with Crippen LogP contribution in [0.3, 0.4) is 0 Å². The molecule has 3 aromatic carbocycles. The second kappa shape index (κ2) is 10.9. The molecule has 3 aromatic rings. The lowest BCUT2D eigenvalue weighted by atomic mass is 10.1. The van der Waals surface area contributed by atoms with Gasteiger partial charge in [-0.25, -0.2) is 0 Å². The lowest BCUT2D eigenvalue weighted by Gasteiger charge is -2.12. The zero-order valence-electron chi connectivity index (χ0n) is 16.8. The Morgan fingerprint density at radius 1 is 1.06 bits per heavy atom. The average Bonchev–Trinajstić information content (AvgIpc) is 2.75. The number of benzene rings is 3. The molecule has 0 saturated carbocycles. The van der Waals surface area contributed by atoms with Crippen molar-refractivity contribution in [2.24, 2.45) is 0 Å². The minimum Gasteiger partial charge on any atom is -0.486 e. The van der Waals surface area contributed by atoms with Crippen LogP contribution >= 0.6 is 50.7 Å². The van der Waals surface area contributed by atoms with Gasteiger partial charge in [0, 0.05) is 5.69 Å². The van der Waals surface area contributed by atoms with Crippen molar-refractivity contribution in [1.82, 2.24) is 0 Å². The van der Waals surface area contributed by atoms with Crippen molar-refractivity contribution < 1.29 is 9.53 Å². The van der Waals surface area contributed by atoms with Gasteiger partial charge >= 0.3 is 0 Å². The lowest BCUT2D eigenvalue weighted by Crippen LogP contribution is -2.13. The van der Waals surface area contributed by atoms with Crippen LogP contribution in [0, 0.1) is 18.3 Å². The summed E-state index contributed by atoms with van der Waals surface area (Å²) in [6.45, 7) is 2.18. The average molecular weight is 551 g/mol. The number of anilines is 1. The number of aryl methyl sites for hydroxylation is 1. The molecule has 32 heavy (non-hydrogen) atoms. The Bertz CT molecular complexity index is 1210. The number of ether oxygens (including phenoxy) is 1. The highest BCUT2D eigenvalue weighted by Gasteiger charge is 2.13. The molecule has 0 aliphatic carbocycles. The summed E-state index contributed by atoms with van der Waals surface area (Å²) in [5.74, 6) is -0.0824. The summed E-state index contributed by atoms with van der Waals surface area (Å²) in [5, 5.41) is 13.4. The summed E-state index contributed by atoms with van der Waals surface area (Å²) in [6.07, 6.45) is 1.46. The van der Waals surface area contributed by atoms with Gasteiger partial charge in [-0.1, -0.05) is 58.6 Å². The van der Waals surface area contributed by atoms with Crippen LogP contribution in [-0.2, 0) is 11.4 Å². The Kier molecular flexibility index (Phi) is 8.22. The van der Waals surface area contributed by atoms with E-state index in [2.05, 4.69) is 21.2 Å². The van der Waals surface area contributed by atoms with Crippen molar-refractivity contribution in [2.45, 2.75) is 13.5 Å². The predicted molar refractivity (Wildman–Crippen MR) is 133 cm³/mol. The molecule has 0 fully saturated rings. The smallest absolute Gasteiger partial charge is 0.266 e. The molecular weight excluding hydrogens is 535 g/mol. The Morgan fingerprint density at radius 3 is 2.41 bits per heavy atom. The summed E-state index contributed by atoms with van der Waals surface area (Å²) in [7, 11) is 0. The minimum atomic E-state index is -0.511. The zero-order valence-corrected chi connectivity index (χ0v) is 20.6. The van der Waals surface area contributed by atoms with Crippen molar-refractivity contribution in [2.75, 3.05) is 5.32 Å². The van der Waals surface area contributed by atoms with E-state index in [9.17, 15) is 10.1 Å². The highest BCUT2D eigenvalue weighted by atomic mass is 79.9. The van der Waals surface area contributed by atoms with Crippen molar-refractivity contribution in [3.63, 3.8) is 0 Å². The molecule has 8 heteroatoms. The number of nitrogens with zero attached hydrogens (tertiary/aromatic N) is 1. The molecule has 4 nitrogen and oxygen atoms in total. The molecule has 0 bridgehead atoms. The van der Waals surface area contributed by atoms with Gasteiger partial charge in [-0.15, -0.1) is 0 Å². The molecule has 0 spiro atoms. The van der Waals surface area contributed by atoms with E-state index in [0.717, 1.165) is 11.1 Å². The zero-order chi connectivity index (χ0) is 23.3. The maximum absolute atomic E-state index is 12.5. The standard InChI is InChI=1S/C24H16BrCl3N2O2/c1-14-2-5-18(6-3-14)30-24(31)17(12-29)8-16-9-19(25)23(22(28)11-16)32-13-15-4-7-20(26)21(27)10-15/h2-11H,13H2,1H3,(H,30,31)/b17-8-. The first-order valence-corrected chi connectivity index (χ1v) is 11.2. The molecule has 0 aliphatic heterocycles. The third-order valence-corrected chi connectivity index (χ3v) is 5.98. The number of halogens is 4. The van der Waals surface area contributed by atoms with Gasteiger partial charge in [0.1, 0.15) is 18.2 Å². The fourth-order valence-corrected chi connectivity index (χ4v) is 4.05.